The van der Waals surface area contributed by atoms with Crippen LogP contribution in [-0.4, -0.2) is 71.4 Å². The molecular formula is C33H33ClF3N5O. The molecule has 3 aromatic carbocycles. The van der Waals surface area contributed by atoms with Crippen molar-refractivity contribution < 1.29 is 17.9 Å². The van der Waals surface area contributed by atoms with Gasteiger partial charge in [0.2, 0.25) is 0 Å². The maximum atomic E-state index is 16.9. The van der Waals surface area contributed by atoms with Crippen molar-refractivity contribution in [2.24, 2.45) is 0 Å². The number of benzene rings is 3. The van der Waals surface area contributed by atoms with Gasteiger partial charge in [0.1, 0.15) is 29.9 Å². The number of anilines is 1. The van der Waals surface area contributed by atoms with E-state index in [4.69, 9.17) is 21.3 Å². The molecule has 6 nitrogen and oxygen atoms in total. The van der Waals surface area contributed by atoms with Crippen molar-refractivity contribution in [1.29, 1.82) is 0 Å². The van der Waals surface area contributed by atoms with E-state index in [0.29, 0.717) is 47.2 Å². The Kier molecular flexibility index (Phi) is 6.51. The van der Waals surface area contributed by atoms with E-state index in [1.807, 2.05) is 25.1 Å². The van der Waals surface area contributed by atoms with Gasteiger partial charge in [0.15, 0.2) is 5.82 Å². The molecule has 1 N–H and O–H groups in total. The molecule has 10 heteroatoms. The minimum absolute atomic E-state index is 0.0596. The first-order valence-corrected chi connectivity index (χ1v) is 15.6. The molecular weight excluding hydrogens is 575 g/mol. The fourth-order valence-corrected chi connectivity index (χ4v) is 8.40. The largest absolute Gasteiger partial charge is 0.461 e. The summed E-state index contributed by atoms with van der Waals surface area (Å²) in [7, 11) is 0. The quantitative estimate of drug-likeness (QED) is 0.276. The van der Waals surface area contributed by atoms with E-state index in [9.17, 15) is 8.78 Å². The fourth-order valence-electron chi connectivity index (χ4n) is 8.11. The van der Waals surface area contributed by atoms with E-state index in [0.717, 1.165) is 56.3 Å². The Morgan fingerprint density at radius 2 is 1.91 bits per heavy atom. The standard InChI is InChI=1S/C33H33ClF3N5O/c1-18-4-2-5-19-10-20(35)11-24(27(18)19)28-26(34)12-25-30(29(28)37)39-32(40-31(25)41-15-22-6-7-23(16-41)38-22)43-17-33-8-3-9-42(33)14-21(36)13-33/h2,4-5,10-12,21-23,38H,3,6-9,13-17H2,1H3/t21-,22?,23?,33+/m1/s1. The Labute approximate surface area is 253 Å². The maximum Gasteiger partial charge on any atom is 0.319 e. The summed E-state index contributed by atoms with van der Waals surface area (Å²) >= 11 is 6.87. The number of nitrogens with zero attached hydrogens (tertiary/aromatic N) is 4. The Morgan fingerprint density at radius 3 is 2.72 bits per heavy atom. The summed E-state index contributed by atoms with van der Waals surface area (Å²) in [5, 5.41) is 5.68. The number of halogens is 4. The Bertz CT molecular complexity index is 1760. The lowest BCUT2D eigenvalue weighted by Crippen LogP contribution is -2.51. The predicted octanol–water partition coefficient (Wildman–Crippen LogP) is 6.59. The number of nitrogens with one attached hydrogen (secondary N) is 1. The van der Waals surface area contributed by atoms with Crippen LogP contribution in [0.5, 0.6) is 6.01 Å². The number of piperazine rings is 1. The minimum atomic E-state index is -0.889. The number of alkyl halides is 1. The Morgan fingerprint density at radius 1 is 1.09 bits per heavy atom. The van der Waals surface area contributed by atoms with Gasteiger partial charge in [-0.05, 0) is 79.3 Å². The molecule has 0 amide bonds. The predicted molar refractivity (Wildman–Crippen MR) is 163 cm³/mol. The highest BCUT2D eigenvalue weighted by Gasteiger charge is 2.49. The maximum absolute atomic E-state index is 16.9. The zero-order chi connectivity index (χ0) is 29.5. The van der Waals surface area contributed by atoms with Crippen LogP contribution >= 0.6 is 11.6 Å². The molecule has 4 fully saturated rings. The van der Waals surface area contributed by atoms with Crippen LogP contribution in [0.25, 0.3) is 32.8 Å². The second-order valence-corrected chi connectivity index (χ2v) is 13.2. The number of rotatable bonds is 5. The van der Waals surface area contributed by atoms with Crippen LogP contribution in [0.15, 0.2) is 36.4 Å². The number of aromatic nitrogens is 2. The lowest BCUT2D eigenvalue weighted by atomic mass is 9.93. The molecule has 0 radical (unpaired) electrons. The van der Waals surface area contributed by atoms with Gasteiger partial charge >= 0.3 is 6.01 Å². The van der Waals surface area contributed by atoms with Gasteiger partial charge in [-0.2, -0.15) is 9.97 Å². The SMILES string of the molecule is Cc1cccc2cc(F)cc(-c3c(Cl)cc4c(N5CC6CCC(C5)N6)nc(OC[C@@]56CCCN5C[C@H](F)C6)nc4c3F)c12. The molecule has 0 aliphatic carbocycles. The average Bonchev–Trinajstić information content (AvgIpc) is 3.62. The number of fused-ring (bicyclic) bond motifs is 5. The van der Waals surface area contributed by atoms with Gasteiger partial charge in [-0.25, -0.2) is 13.2 Å². The first-order chi connectivity index (χ1) is 20.8. The van der Waals surface area contributed by atoms with Crippen LogP contribution in [0.4, 0.5) is 19.0 Å². The van der Waals surface area contributed by atoms with E-state index < -0.39 is 23.3 Å². The summed E-state index contributed by atoms with van der Waals surface area (Å²) in [6.45, 7) is 4.85. The van der Waals surface area contributed by atoms with Gasteiger partial charge in [-0.1, -0.05) is 29.8 Å². The van der Waals surface area contributed by atoms with Gasteiger partial charge in [-0.15, -0.1) is 0 Å². The topological polar surface area (TPSA) is 53.5 Å². The van der Waals surface area contributed by atoms with Crippen LogP contribution < -0.4 is 15.0 Å². The van der Waals surface area contributed by atoms with Crippen LogP contribution in [-0.2, 0) is 0 Å². The number of hydrogen-bond acceptors (Lipinski definition) is 6. The monoisotopic (exact) mass is 607 g/mol. The fraction of sp³-hybridized carbons (Fsp3) is 0.455. The van der Waals surface area contributed by atoms with Crippen LogP contribution in [0.3, 0.4) is 0 Å². The van der Waals surface area contributed by atoms with Crippen molar-refractivity contribution in [2.45, 2.75) is 62.8 Å². The second kappa shape index (κ2) is 10.2. The summed E-state index contributed by atoms with van der Waals surface area (Å²) in [6.07, 6.45) is 3.49. The molecule has 2 unspecified atom stereocenters. The number of hydrogen-bond donors (Lipinski definition) is 1. The van der Waals surface area contributed by atoms with Crippen LogP contribution in [0, 0.1) is 18.6 Å². The van der Waals surface area contributed by atoms with Gasteiger partial charge in [0.25, 0.3) is 0 Å². The molecule has 224 valence electrons. The highest BCUT2D eigenvalue weighted by atomic mass is 35.5. The third-order valence-electron chi connectivity index (χ3n) is 10.0. The molecule has 2 bridgehead atoms. The van der Waals surface area contributed by atoms with Gasteiger partial charge in [0, 0.05) is 49.1 Å². The van der Waals surface area contributed by atoms with Crippen molar-refractivity contribution in [3.05, 3.63) is 58.6 Å². The summed E-state index contributed by atoms with van der Waals surface area (Å²) in [5.41, 5.74) is 1.04. The van der Waals surface area contributed by atoms with E-state index >= 15 is 4.39 Å². The molecule has 0 saturated carbocycles. The van der Waals surface area contributed by atoms with Crippen molar-refractivity contribution in [2.75, 3.05) is 37.7 Å². The minimum Gasteiger partial charge on any atom is -0.461 e. The molecule has 5 heterocycles. The van der Waals surface area contributed by atoms with E-state index in [1.54, 1.807) is 6.07 Å². The van der Waals surface area contributed by atoms with E-state index in [-0.39, 0.29) is 28.7 Å². The summed E-state index contributed by atoms with van der Waals surface area (Å²) in [6, 6.07) is 10.8. The Hall–Kier alpha value is -3.14. The first kappa shape index (κ1) is 27.4. The molecule has 4 saturated heterocycles. The molecule has 4 aromatic rings. The molecule has 43 heavy (non-hydrogen) atoms. The molecule has 0 spiro atoms. The first-order valence-electron chi connectivity index (χ1n) is 15.2. The average molecular weight is 608 g/mol. The van der Waals surface area contributed by atoms with Gasteiger partial charge in [0.05, 0.1) is 10.6 Å². The third-order valence-corrected chi connectivity index (χ3v) is 10.3. The van der Waals surface area contributed by atoms with Crippen molar-refractivity contribution in [3.63, 3.8) is 0 Å². The van der Waals surface area contributed by atoms with Crippen molar-refractivity contribution in [1.82, 2.24) is 20.2 Å². The van der Waals surface area contributed by atoms with Gasteiger partial charge in [-0.3, -0.25) is 4.90 Å². The third kappa shape index (κ3) is 4.54. The molecule has 8 rings (SSSR count). The molecule has 4 aliphatic rings. The zero-order valence-corrected chi connectivity index (χ0v) is 24.7. The summed E-state index contributed by atoms with van der Waals surface area (Å²) in [4.78, 5) is 13.8. The van der Waals surface area contributed by atoms with E-state index in [1.165, 1.54) is 12.1 Å². The normalized spacial score (nSPS) is 27.0. The highest BCUT2D eigenvalue weighted by molar-refractivity contribution is 6.35. The van der Waals surface area contributed by atoms with E-state index in [2.05, 4.69) is 20.1 Å². The lowest BCUT2D eigenvalue weighted by molar-refractivity contribution is 0.107. The number of ether oxygens (including phenoxy) is 1. The summed E-state index contributed by atoms with van der Waals surface area (Å²) < 4.78 is 52.4. The highest BCUT2D eigenvalue weighted by Crippen LogP contribution is 2.44. The number of aryl methyl sites for hydroxylation is 1. The zero-order valence-electron chi connectivity index (χ0n) is 24.0. The van der Waals surface area contributed by atoms with Crippen LogP contribution in [0.2, 0.25) is 5.02 Å². The summed E-state index contributed by atoms with van der Waals surface area (Å²) in [5.74, 6) is -0.549. The molecule has 4 atom stereocenters. The van der Waals surface area contributed by atoms with Crippen molar-refractivity contribution in [3.8, 4) is 17.1 Å². The van der Waals surface area contributed by atoms with Crippen LogP contribution in [0.1, 0.15) is 37.7 Å². The smallest absolute Gasteiger partial charge is 0.319 e. The second-order valence-electron chi connectivity index (χ2n) is 12.8. The van der Waals surface area contributed by atoms with Gasteiger partial charge < -0.3 is 15.0 Å². The molecule has 4 aliphatic heterocycles. The van der Waals surface area contributed by atoms with Crippen molar-refractivity contribution >= 4 is 39.1 Å². The molecule has 1 aromatic heterocycles. The lowest BCUT2D eigenvalue weighted by Gasteiger charge is -2.34. The Balaban J connectivity index is 1.28.